The van der Waals surface area contributed by atoms with E-state index in [-0.39, 0.29) is 0 Å². The van der Waals surface area contributed by atoms with Gasteiger partial charge in [0.2, 0.25) is 0 Å². The fourth-order valence-electron chi connectivity index (χ4n) is 2.08. The number of rotatable bonds is 7. The van der Waals surface area contributed by atoms with Gasteiger partial charge in [0.15, 0.2) is 0 Å². The van der Waals surface area contributed by atoms with Crippen LogP contribution in [0.25, 0.3) is 5.69 Å². The Morgan fingerprint density at radius 2 is 2.14 bits per heavy atom. The van der Waals surface area contributed by atoms with Crippen molar-refractivity contribution in [3.05, 3.63) is 46.7 Å². The van der Waals surface area contributed by atoms with Crippen LogP contribution in [0.1, 0.15) is 31.0 Å². The zero-order valence-corrected chi connectivity index (χ0v) is 13.5. The number of methoxy groups -OCH3 is 1. The van der Waals surface area contributed by atoms with E-state index in [4.69, 9.17) is 16.3 Å². The van der Waals surface area contributed by atoms with Crippen LogP contribution in [-0.2, 0) is 11.3 Å². The topological polar surface area (TPSA) is 39.1 Å². The minimum Gasteiger partial charge on any atom is -0.383 e. The van der Waals surface area contributed by atoms with Crippen molar-refractivity contribution in [3.8, 4) is 5.69 Å². The van der Waals surface area contributed by atoms with Crippen molar-refractivity contribution in [2.45, 2.75) is 26.3 Å². The van der Waals surface area contributed by atoms with E-state index in [1.807, 2.05) is 35.1 Å². The van der Waals surface area contributed by atoms with Gasteiger partial charge in [0.1, 0.15) is 0 Å². The molecule has 0 atom stereocenters. The molecule has 21 heavy (non-hydrogen) atoms. The molecule has 0 saturated heterocycles. The third-order valence-corrected chi connectivity index (χ3v) is 3.53. The molecular weight excluding hydrogens is 286 g/mol. The van der Waals surface area contributed by atoms with Crippen molar-refractivity contribution in [2.75, 3.05) is 20.3 Å². The Kier molecular flexibility index (Phi) is 5.79. The summed E-state index contributed by atoms with van der Waals surface area (Å²) in [6.45, 7) is 6.54. The third-order valence-electron chi connectivity index (χ3n) is 3.29. The van der Waals surface area contributed by atoms with Gasteiger partial charge in [0, 0.05) is 31.4 Å². The highest BCUT2D eigenvalue weighted by Gasteiger charge is 2.09. The molecule has 2 rings (SSSR count). The summed E-state index contributed by atoms with van der Waals surface area (Å²) in [5.41, 5.74) is 3.25. The number of halogens is 1. The predicted molar refractivity (Wildman–Crippen MR) is 86.2 cm³/mol. The van der Waals surface area contributed by atoms with Crippen molar-refractivity contribution in [3.63, 3.8) is 0 Å². The second kappa shape index (κ2) is 7.59. The first kappa shape index (κ1) is 16.0. The summed E-state index contributed by atoms with van der Waals surface area (Å²) in [6.07, 6.45) is 1.99. The number of benzene rings is 1. The van der Waals surface area contributed by atoms with Gasteiger partial charge >= 0.3 is 0 Å². The lowest BCUT2D eigenvalue weighted by atomic mass is 10.1. The minimum absolute atomic E-state index is 0.411. The molecule has 0 fully saturated rings. The Balaban J connectivity index is 2.21. The van der Waals surface area contributed by atoms with Crippen molar-refractivity contribution < 1.29 is 4.74 Å². The van der Waals surface area contributed by atoms with E-state index >= 15 is 0 Å². The molecule has 0 aliphatic carbocycles. The average molecular weight is 308 g/mol. The zero-order chi connectivity index (χ0) is 15.2. The fraction of sp³-hybridized carbons (Fsp3) is 0.438. The lowest BCUT2D eigenvalue weighted by Gasteiger charge is -2.11. The normalized spacial score (nSPS) is 11.3. The molecule has 4 nitrogen and oxygen atoms in total. The molecule has 5 heteroatoms. The first-order valence-electron chi connectivity index (χ1n) is 7.16. The Hall–Kier alpha value is -1.36. The van der Waals surface area contributed by atoms with Gasteiger partial charge in [-0.15, -0.1) is 0 Å². The molecule has 0 amide bonds. The highest BCUT2D eigenvalue weighted by atomic mass is 35.5. The molecule has 114 valence electrons. The van der Waals surface area contributed by atoms with E-state index in [1.54, 1.807) is 7.11 Å². The summed E-state index contributed by atoms with van der Waals surface area (Å²) in [4.78, 5) is 0. The van der Waals surface area contributed by atoms with E-state index < -0.39 is 0 Å². The molecule has 0 saturated carbocycles. The highest BCUT2D eigenvalue weighted by molar-refractivity contribution is 6.30. The molecule has 2 aromatic rings. The van der Waals surface area contributed by atoms with Crippen molar-refractivity contribution in [2.24, 2.45) is 0 Å². The number of nitrogens with zero attached hydrogens (tertiary/aromatic N) is 2. The van der Waals surface area contributed by atoms with Crippen LogP contribution in [0.4, 0.5) is 0 Å². The minimum atomic E-state index is 0.411. The van der Waals surface area contributed by atoms with Crippen molar-refractivity contribution in [1.29, 1.82) is 0 Å². The van der Waals surface area contributed by atoms with Crippen LogP contribution in [0.2, 0.25) is 5.02 Å². The van der Waals surface area contributed by atoms with Gasteiger partial charge < -0.3 is 10.1 Å². The summed E-state index contributed by atoms with van der Waals surface area (Å²) in [6, 6.07) is 7.94. The van der Waals surface area contributed by atoms with Crippen LogP contribution < -0.4 is 5.32 Å². The highest BCUT2D eigenvalue weighted by Crippen LogP contribution is 2.21. The summed E-state index contributed by atoms with van der Waals surface area (Å²) >= 11 is 6.14. The van der Waals surface area contributed by atoms with Gasteiger partial charge in [-0.25, -0.2) is 4.68 Å². The molecule has 1 aromatic heterocycles. The van der Waals surface area contributed by atoms with Crippen molar-refractivity contribution in [1.82, 2.24) is 15.1 Å². The lowest BCUT2D eigenvalue weighted by molar-refractivity contribution is 0.199. The molecule has 0 radical (unpaired) electrons. The van der Waals surface area contributed by atoms with Gasteiger partial charge in [-0.05, 0) is 29.7 Å². The molecule has 1 heterocycles. The van der Waals surface area contributed by atoms with Crippen LogP contribution >= 0.6 is 11.6 Å². The number of ether oxygens (including phenoxy) is 1. The van der Waals surface area contributed by atoms with Gasteiger partial charge in [-0.1, -0.05) is 31.5 Å². The first-order chi connectivity index (χ1) is 10.1. The molecule has 0 aliphatic heterocycles. The standard InChI is InChI=1S/C16H22ClN3O/c1-12(2)15-6-8-20(19-15)16-10-14(17)5-4-13(16)11-18-7-9-21-3/h4-6,8,10,12,18H,7,9,11H2,1-3H3. The van der Waals surface area contributed by atoms with E-state index in [0.29, 0.717) is 17.5 Å². The Bertz CT molecular complexity index is 581. The quantitative estimate of drug-likeness (QED) is 0.797. The number of hydrogen-bond donors (Lipinski definition) is 1. The van der Waals surface area contributed by atoms with Crippen LogP contribution in [0.5, 0.6) is 0 Å². The fourth-order valence-corrected chi connectivity index (χ4v) is 2.24. The Labute approximate surface area is 131 Å². The largest absolute Gasteiger partial charge is 0.383 e. The molecule has 0 aliphatic rings. The van der Waals surface area contributed by atoms with Crippen LogP contribution in [-0.4, -0.2) is 30.0 Å². The monoisotopic (exact) mass is 307 g/mol. The molecule has 0 spiro atoms. The second-order valence-corrected chi connectivity index (χ2v) is 5.72. The maximum atomic E-state index is 6.14. The molecule has 1 aromatic carbocycles. The third kappa shape index (κ3) is 4.30. The van der Waals surface area contributed by atoms with Crippen molar-refractivity contribution >= 4 is 11.6 Å². The number of aromatic nitrogens is 2. The maximum absolute atomic E-state index is 6.14. The van der Waals surface area contributed by atoms with Gasteiger partial charge in [0.25, 0.3) is 0 Å². The smallest absolute Gasteiger partial charge is 0.0705 e. The average Bonchev–Trinajstić information content (AvgIpc) is 2.94. The predicted octanol–water partition coefficient (Wildman–Crippen LogP) is 3.39. The number of hydrogen-bond acceptors (Lipinski definition) is 3. The van der Waals surface area contributed by atoms with Crippen LogP contribution in [0.3, 0.4) is 0 Å². The summed E-state index contributed by atoms with van der Waals surface area (Å²) in [5.74, 6) is 0.411. The molecule has 0 bridgehead atoms. The summed E-state index contributed by atoms with van der Waals surface area (Å²) < 4.78 is 6.94. The molecular formula is C16H22ClN3O. The van der Waals surface area contributed by atoms with Gasteiger partial charge in [-0.2, -0.15) is 5.10 Å². The Morgan fingerprint density at radius 3 is 2.81 bits per heavy atom. The van der Waals surface area contributed by atoms with Gasteiger partial charge in [0.05, 0.1) is 18.0 Å². The van der Waals surface area contributed by atoms with E-state index in [9.17, 15) is 0 Å². The first-order valence-corrected chi connectivity index (χ1v) is 7.53. The summed E-state index contributed by atoms with van der Waals surface area (Å²) in [5, 5.41) is 8.70. The van der Waals surface area contributed by atoms with Crippen LogP contribution in [0, 0.1) is 0 Å². The van der Waals surface area contributed by atoms with E-state index in [0.717, 1.165) is 30.0 Å². The lowest BCUT2D eigenvalue weighted by Crippen LogP contribution is -2.19. The SMILES string of the molecule is COCCNCc1ccc(Cl)cc1-n1ccc(C(C)C)n1. The van der Waals surface area contributed by atoms with Gasteiger partial charge in [-0.3, -0.25) is 0 Å². The maximum Gasteiger partial charge on any atom is 0.0705 e. The zero-order valence-electron chi connectivity index (χ0n) is 12.8. The summed E-state index contributed by atoms with van der Waals surface area (Å²) in [7, 11) is 1.70. The molecule has 1 N–H and O–H groups in total. The van der Waals surface area contributed by atoms with E-state index in [1.165, 1.54) is 0 Å². The second-order valence-electron chi connectivity index (χ2n) is 5.28. The molecule has 0 unspecified atom stereocenters. The van der Waals surface area contributed by atoms with Crippen LogP contribution in [0.15, 0.2) is 30.5 Å². The number of nitrogens with one attached hydrogen (secondary N) is 1. The Morgan fingerprint density at radius 1 is 1.33 bits per heavy atom. The van der Waals surface area contributed by atoms with E-state index in [2.05, 4.69) is 24.3 Å².